The number of benzene rings is 1. The Morgan fingerprint density at radius 2 is 1.89 bits per heavy atom. The van der Waals surface area contributed by atoms with Gasteiger partial charge in [0.25, 0.3) is 5.91 Å². The molecule has 0 aliphatic rings. The molecular weight excluding hydrogens is 246 g/mol. The van der Waals surface area contributed by atoms with Gasteiger partial charge in [-0.3, -0.25) is 9.89 Å². The minimum atomic E-state index is -0.345. The minimum Gasteiger partial charge on any atom is -0.319 e. The number of amides is 1. The highest BCUT2D eigenvalue weighted by atomic mass is 16.2. The van der Waals surface area contributed by atoms with E-state index in [4.69, 9.17) is 0 Å². The molecular formula is C11H9N7O. The lowest BCUT2D eigenvalue weighted by Gasteiger charge is -2.04. The summed E-state index contributed by atoms with van der Waals surface area (Å²) in [5.41, 5.74) is 1.46. The second kappa shape index (κ2) is 4.69. The highest BCUT2D eigenvalue weighted by molar-refractivity contribution is 6.01. The van der Waals surface area contributed by atoms with Crippen molar-refractivity contribution in [3.05, 3.63) is 48.8 Å². The van der Waals surface area contributed by atoms with Crippen LogP contribution in [0, 0.1) is 0 Å². The van der Waals surface area contributed by atoms with Gasteiger partial charge < -0.3 is 5.32 Å². The average molecular weight is 255 g/mol. The molecule has 0 saturated carbocycles. The van der Waals surface area contributed by atoms with Crippen molar-refractivity contribution in [2.24, 2.45) is 0 Å². The third-order valence-electron chi connectivity index (χ3n) is 2.40. The Morgan fingerprint density at radius 3 is 2.53 bits per heavy atom. The molecule has 2 aromatic heterocycles. The van der Waals surface area contributed by atoms with Crippen molar-refractivity contribution in [1.82, 2.24) is 30.2 Å². The van der Waals surface area contributed by atoms with E-state index in [9.17, 15) is 4.79 Å². The highest BCUT2D eigenvalue weighted by Gasteiger charge is 2.08. The molecule has 8 nitrogen and oxygen atoms in total. The number of aromatic nitrogens is 6. The molecule has 3 rings (SSSR count). The summed E-state index contributed by atoms with van der Waals surface area (Å²) in [6.07, 6.45) is 4.47. The Labute approximate surface area is 107 Å². The number of anilines is 1. The summed E-state index contributed by atoms with van der Waals surface area (Å²) in [5, 5.41) is 16.8. The van der Waals surface area contributed by atoms with E-state index in [0.29, 0.717) is 5.69 Å². The van der Waals surface area contributed by atoms with Crippen molar-refractivity contribution in [2.45, 2.75) is 0 Å². The van der Waals surface area contributed by atoms with E-state index in [-0.39, 0.29) is 11.7 Å². The molecule has 3 aromatic rings. The molecule has 19 heavy (non-hydrogen) atoms. The molecule has 0 bridgehead atoms. The smallest absolute Gasteiger partial charge is 0.292 e. The first kappa shape index (κ1) is 11.1. The fourth-order valence-corrected chi connectivity index (χ4v) is 1.53. The van der Waals surface area contributed by atoms with Gasteiger partial charge in [0.1, 0.15) is 6.33 Å². The number of carbonyl (C=O) groups is 1. The van der Waals surface area contributed by atoms with Gasteiger partial charge in [0.2, 0.25) is 5.82 Å². The van der Waals surface area contributed by atoms with Crippen LogP contribution >= 0.6 is 0 Å². The monoisotopic (exact) mass is 255 g/mol. The standard InChI is InChI=1S/C11H9N7O/c19-11(10-12-7-13-17-10)16-8-1-3-9(4-2-8)18-14-5-6-15-18/h1-7H,(H,16,19)(H,12,13,17). The van der Waals surface area contributed by atoms with E-state index in [1.165, 1.54) is 11.1 Å². The Hall–Kier alpha value is -3.03. The SMILES string of the molecule is O=C(Nc1ccc(-n2nccn2)cc1)c1ncn[nH]1. The van der Waals surface area contributed by atoms with Crippen molar-refractivity contribution in [3.63, 3.8) is 0 Å². The largest absolute Gasteiger partial charge is 0.319 e. The van der Waals surface area contributed by atoms with E-state index in [2.05, 4.69) is 30.7 Å². The zero-order chi connectivity index (χ0) is 13.1. The summed E-state index contributed by atoms with van der Waals surface area (Å²) >= 11 is 0. The van der Waals surface area contributed by atoms with Crippen molar-refractivity contribution in [1.29, 1.82) is 0 Å². The molecule has 0 saturated heterocycles. The van der Waals surface area contributed by atoms with E-state index < -0.39 is 0 Å². The van der Waals surface area contributed by atoms with Gasteiger partial charge in [-0.05, 0) is 24.3 Å². The van der Waals surface area contributed by atoms with Gasteiger partial charge in [0.05, 0.1) is 18.1 Å². The van der Waals surface area contributed by atoms with Crippen LogP contribution in [0.2, 0.25) is 0 Å². The molecule has 0 radical (unpaired) electrons. The molecule has 0 aliphatic carbocycles. The van der Waals surface area contributed by atoms with Crippen LogP contribution in [-0.2, 0) is 0 Å². The fourth-order valence-electron chi connectivity index (χ4n) is 1.53. The average Bonchev–Trinajstić information content (AvgIpc) is 3.13. The molecule has 0 spiro atoms. The number of hydrogen-bond donors (Lipinski definition) is 2. The third-order valence-corrected chi connectivity index (χ3v) is 2.40. The first-order valence-corrected chi connectivity index (χ1v) is 5.46. The van der Waals surface area contributed by atoms with Gasteiger partial charge in [-0.1, -0.05) is 0 Å². The fraction of sp³-hybridized carbons (Fsp3) is 0. The van der Waals surface area contributed by atoms with Gasteiger partial charge in [-0.2, -0.15) is 20.1 Å². The predicted octanol–water partition coefficient (Wildman–Crippen LogP) is 0.638. The summed E-state index contributed by atoms with van der Waals surface area (Å²) in [7, 11) is 0. The number of H-pyrrole nitrogens is 1. The first-order chi connectivity index (χ1) is 9.33. The van der Waals surface area contributed by atoms with Crippen molar-refractivity contribution in [2.75, 3.05) is 5.32 Å². The lowest BCUT2D eigenvalue weighted by Crippen LogP contribution is -2.13. The number of nitrogens with one attached hydrogen (secondary N) is 2. The van der Waals surface area contributed by atoms with Gasteiger partial charge in [-0.15, -0.1) is 0 Å². The molecule has 0 aliphatic heterocycles. The highest BCUT2D eigenvalue weighted by Crippen LogP contribution is 2.12. The normalized spacial score (nSPS) is 10.3. The second-order valence-corrected chi connectivity index (χ2v) is 3.65. The van der Waals surface area contributed by atoms with Crippen LogP contribution in [0.5, 0.6) is 0 Å². The maximum atomic E-state index is 11.7. The number of carbonyl (C=O) groups excluding carboxylic acids is 1. The zero-order valence-electron chi connectivity index (χ0n) is 9.69. The lowest BCUT2D eigenvalue weighted by atomic mass is 10.3. The van der Waals surface area contributed by atoms with Crippen molar-refractivity contribution < 1.29 is 4.79 Å². The van der Waals surface area contributed by atoms with Crippen LogP contribution in [0.1, 0.15) is 10.6 Å². The van der Waals surface area contributed by atoms with Crippen molar-refractivity contribution in [3.8, 4) is 5.69 Å². The number of rotatable bonds is 3. The molecule has 0 atom stereocenters. The van der Waals surface area contributed by atoms with E-state index >= 15 is 0 Å². The maximum absolute atomic E-state index is 11.7. The Kier molecular flexibility index (Phi) is 2.73. The van der Waals surface area contributed by atoms with Gasteiger partial charge >= 0.3 is 0 Å². The van der Waals surface area contributed by atoms with Crippen LogP contribution in [0.3, 0.4) is 0 Å². The summed E-state index contributed by atoms with van der Waals surface area (Å²) in [6.45, 7) is 0. The van der Waals surface area contributed by atoms with Crippen LogP contribution < -0.4 is 5.32 Å². The number of nitrogens with zero attached hydrogens (tertiary/aromatic N) is 5. The van der Waals surface area contributed by atoms with Crippen LogP contribution in [0.15, 0.2) is 43.0 Å². The topological polar surface area (TPSA) is 101 Å². The molecule has 1 amide bonds. The molecule has 2 heterocycles. The number of aromatic amines is 1. The quantitative estimate of drug-likeness (QED) is 0.715. The molecule has 0 unspecified atom stereocenters. The Balaban J connectivity index is 1.75. The lowest BCUT2D eigenvalue weighted by molar-refractivity contribution is 0.101. The molecule has 1 aromatic carbocycles. The molecule has 94 valence electrons. The summed E-state index contributed by atoms with van der Waals surface area (Å²) in [6, 6.07) is 7.12. The van der Waals surface area contributed by atoms with Gasteiger partial charge in [-0.25, -0.2) is 4.98 Å². The second-order valence-electron chi connectivity index (χ2n) is 3.65. The predicted molar refractivity (Wildman–Crippen MR) is 65.7 cm³/mol. The van der Waals surface area contributed by atoms with Crippen LogP contribution in [0.25, 0.3) is 5.69 Å². The van der Waals surface area contributed by atoms with Crippen LogP contribution in [-0.4, -0.2) is 36.1 Å². The van der Waals surface area contributed by atoms with Crippen LogP contribution in [0.4, 0.5) is 5.69 Å². The van der Waals surface area contributed by atoms with E-state index in [1.54, 1.807) is 36.7 Å². The first-order valence-electron chi connectivity index (χ1n) is 5.46. The van der Waals surface area contributed by atoms with Crippen molar-refractivity contribution >= 4 is 11.6 Å². The summed E-state index contributed by atoms with van der Waals surface area (Å²) in [4.78, 5) is 17.0. The van der Waals surface area contributed by atoms with Gasteiger partial charge in [0, 0.05) is 5.69 Å². The third kappa shape index (κ3) is 2.32. The van der Waals surface area contributed by atoms with E-state index in [0.717, 1.165) is 5.69 Å². The Morgan fingerprint density at radius 1 is 1.16 bits per heavy atom. The van der Waals surface area contributed by atoms with Gasteiger partial charge in [0.15, 0.2) is 0 Å². The summed E-state index contributed by atoms with van der Waals surface area (Å²) in [5.74, 6) is -0.180. The molecule has 8 heteroatoms. The summed E-state index contributed by atoms with van der Waals surface area (Å²) < 4.78 is 0. The minimum absolute atomic E-state index is 0.165. The zero-order valence-corrected chi connectivity index (χ0v) is 9.69. The number of hydrogen-bond acceptors (Lipinski definition) is 5. The Bertz CT molecular complexity index is 658. The molecule has 0 fully saturated rings. The van der Waals surface area contributed by atoms with E-state index in [1.807, 2.05) is 0 Å². The maximum Gasteiger partial charge on any atom is 0.292 e. The molecule has 2 N–H and O–H groups in total.